The van der Waals surface area contributed by atoms with E-state index in [1.807, 2.05) is 0 Å². The summed E-state index contributed by atoms with van der Waals surface area (Å²) in [6.45, 7) is 9.98. The van der Waals surface area contributed by atoms with Gasteiger partial charge in [0.05, 0.1) is 0 Å². The molecule has 0 bridgehead atoms. The standard InChI is InChI=1S/C11H22N2/c1-9(2)13-7-10-4-5-12(3)6-11(10)8-13/h9-11H,4-8H2,1-3H3. The largest absolute Gasteiger partial charge is 0.306 e. The lowest BCUT2D eigenvalue weighted by Gasteiger charge is -2.31. The summed E-state index contributed by atoms with van der Waals surface area (Å²) in [7, 11) is 2.26. The molecule has 2 aliphatic rings. The molecule has 2 fully saturated rings. The Bertz CT molecular complexity index is 179. The number of piperidine rings is 1. The van der Waals surface area contributed by atoms with Gasteiger partial charge in [-0.1, -0.05) is 0 Å². The average Bonchev–Trinajstić information content (AvgIpc) is 2.46. The van der Waals surface area contributed by atoms with E-state index in [0.717, 1.165) is 17.9 Å². The molecule has 0 aromatic heterocycles. The van der Waals surface area contributed by atoms with Gasteiger partial charge in [0.1, 0.15) is 0 Å². The SMILES string of the molecule is CC(C)N1CC2CCN(C)CC2C1. The van der Waals surface area contributed by atoms with Crippen LogP contribution >= 0.6 is 0 Å². The first kappa shape index (κ1) is 9.47. The molecule has 0 radical (unpaired) electrons. The summed E-state index contributed by atoms with van der Waals surface area (Å²) >= 11 is 0. The molecule has 2 atom stereocenters. The minimum absolute atomic E-state index is 0.746. The molecule has 2 heterocycles. The van der Waals surface area contributed by atoms with Crippen molar-refractivity contribution in [2.24, 2.45) is 11.8 Å². The number of rotatable bonds is 1. The Morgan fingerprint density at radius 1 is 1.08 bits per heavy atom. The molecular weight excluding hydrogens is 160 g/mol. The van der Waals surface area contributed by atoms with Crippen molar-refractivity contribution in [3.8, 4) is 0 Å². The Morgan fingerprint density at radius 3 is 2.46 bits per heavy atom. The zero-order chi connectivity index (χ0) is 9.42. The summed E-state index contributed by atoms with van der Waals surface area (Å²) in [5, 5.41) is 0. The summed E-state index contributed by atoms with van der Waals surface area (Å²) in [6, 6.07) is 0.746. The second-order valence-electron chi connectivity index (χ2n) is 5.12. The van der Waals surface area contributed by atoms with Crippen LogP contribution in [0.4, 0.5) is 0 Å². The lowest BCUT2D eigenvalue weighted by Crippen LogP contribution is -2.37. The van der Waals surface area contributed by atoms with Crippen LogP contribution in [0, 0.1) is 11.8 Å². The van der Waals surface area contributed by atoms with Crippen molar-refractivity contribution in [3.63, 3.8) is 0 Å². The Balaban J connectivity index is 1.94. The summed E-state index contributed by atoms with van der Waals surface area (Å²) in [5.41, 5.74) is 0. The zero-order valence-electron chi connectivity index (χ0n) is 9.16. The summed E-state index contributed by atoms with van der Waals surface area (Å²) < 4.78 is 0. The molecule has 0 aliphatic carbocycles. The lowest BCUT2D eigenvalue weighted by atomic mass is 9.89. The first-order chi connectivity index (χ1) is 6.16. The van der Waals surface area contributed by atoms with Crippen LogP contribution in [0.15, 0.2) is 0 Å². The maximum atomic E-state index is 2.65. The highest BCUT2D eigenvalue weighted by atomic mass is 15.2. The fraction of sp³-hybridized carbons (Fsp3) is 1.00. The molecule has 2 aliphatic heterocycles. The number of fused-ring (bicyclic) bond motifs is 1. The number of nitrogens with zero attached hydrogens (tertiary/aromatic N) is 2. The van der Waals surface area contributed by atoms with E-state index in [1.54, 1.807) is 0 Å². The lowest BCUT2D eigenvalue weighted by molar-refractivity contribution is 0.178. The molecule has 2 unspecified atom stereocenters. The molecule has 0 spiro atoms. The van der Waals surface area contributed by atoms with Crippen molar-refractivity contribution in [1.29, 1.82) is 0 Å². The zero-order valence-corrected chi connectivity index (χ0v) is 9.16. The third kappa shape index (κ3) is 1.89. The second-order valence-corrected chi connectivity index (χ2v) is 5.12. The van der Waals surface area contributed by atoms with Crippen LogP contribution in [0.1, 0.15) is 20.3 Å². The van der Waals surface area contributed by atoms with E-state index >= 15 is 0 Å². The minimum Gasteiger partial charge on any atom is -0.306 e. The first-order valence-corrected chi connectivity index (χ1v) is 5.59. The summed E-state index contributed by atoms with van der Waals surface area (Å²) in [6.07, 6.45) is 1.42. The highest BCUT2D eigenvalue weighted by molar-refractivity contribution is 4.90. The van der Waals surface area contributed by atoms with E-state index in [1.165, 1.54) is 32.6 Å². The van der Waals surface area contributed by atoms with E-state index in [0.29, 0.717) is 0 Å². The van der Waals surface area contributed by atoms with Gasteiger partial charge >= 0.3 is 0 Å². The second kappa shape index (κ2) is 3.58. The Kier molecular flexibility index (Phi) is 2.61. The molecule has 2 rings (SSSR count). The van der Waals surface area contributed by atoms with Crippen molar-refractivity contribution >= 4 is 0 Å². The van der Waals surface area contributed by atoms with Crippen LogP contribution in [0.2, 0.25) is 0 Å². The van der Waals surface area contributed by atoms with Crippen molar-refractivity contribution < 1.29 is 0 Å². The van der Waals surface area contributed by atoms with Crippen LogP contribution in [-0.2, 0) is 0 Å². The fourth-order valence-electron chi connectivity index (χ4n) is 2.81. The molecule has 0 amide bonds. The summed E-state index contributed by atoms with van der Waals surface area (Å²) in [5.74, 6) is 1.96. The maximum Gasteiger partial charge on any atom is 0.00388 e. The number of likely N-dealkylation sites (tertiary alicyclic amines) is 2. The minimum atomic E-state index is 0.746. The van der Waals surface area contributed by atoms with Gasteiger partial charge in [-0.3, -0.25) is 0 Å². The number of hydrogen-bond acceptors (Lipinski definition) is 2. The van der Waals surface area contributed by atoms with Crippen LogP contribution in [0.25, 0.3) is 0 Å². The smallest absolute Gasteiger partial charge is 0.00388 e. The Hall–Kier alpha value is -0.0800. The highest BCUT2D eigenvalue weighted by Crippen LogP contribution is 2.31. The van der Waals surface area contributed by atoms with E-state index in [9.17, 15) is 0 Å². The van der Waals surface area contributed by atoms with E-state index in [4.69, 9.17) is 0 Å². The molecule has 0 saturated carbocycles. The average molecular weight is 182 g/mol. The number of hydrogen-bond donors (Lipinski definition) is 0. The van der Waals surface area contributed by atoms with Crippen LogP contribution in [0.3, 0.4) is 0 Å². The molecule has 13 heavy (non-hydrogen) atoms. The van der Waals surface area contributed by atoms with Crippen molar-refractivity contribution in [3.05, 3.63) is 0 Å². The van der Waals surface area contributed by atoms with Gasteiger partial charge in [-0.05, 0) is 45.7 Å². The van der Waals surface area contributed by atoms with Crippen molar-refractivity contribution in [1.82, 2.24) is 9.80 Å². The van der Waals surface area contributed by atoms with Gasteiger partial charge in [0.15, 0.2) is 0 Å². The summed E-state index contributed by atoms with van der Waals surface area (Å²) in [4.78, 5) is 5.14. The van der Waals surface area contributed by atoms with Gasteiger partial charge in [0.25, 0.3) is 0 Å². The Morgan fingerprint density at radius 2 is 1.77 bits per heavy atom. The van der Waals surface area contributed by atoms with Gasteiger partial charge in [-0.25, -0.2) is 0 Å². The molecule has 0 aromatic carbocycles. The van der Waals surface area contributed by atoms with E-state index in [-0.39, 0.29) is 0 Å². The van der Waals surface area contributed by atoms with Gasteiger partial charge < -0.3 is 9.80 Å². The first-order valence-electron chi connectivity index (χ1n) is 5.59. The van der Waals surface area contributed by atoms with Gasteiger partial charge in [0, 0.05) is 25.7 Å². The van der Waals surface area contributed by atoms with Crippen LogP contribution in [-0.4, -0.2) is 49.1 Å². The molecule has 2 heteroatoms. The van der Waals surface area contributed by atoms with Crippen molar-refractivity contribution in [2.45, 2.75) is 26.3 Å². The van der Waals surface area contributed by atoms with Crippen LogP contribution < -0.4 is 0 Å². The predicted octanol–water partition coefficient (Wildman–Crippen LogP) is 1.28. The highest BCUT2D eigenvalue weighted by Gasteiger charge is 2.36. The van der Waals surface area contributed by atoms with Gasteiger partial charge in [0.2, 0.25) is 0 Å². The quantitative estimate of drug-likeness (QED) is 0.603. The molecule has 0 N–H and O–H groups in total. The third-order valence-electron chi connectivity index (χ3n) is 3.76. The molecular formula is C11H22N2. The topological polar surface area (TPSA) is 6.48 Å². The normalized spacial score (nSPS) is 36.9. The molecule has 2 saturated heterocycles. The monoisotopic (exact) mass is 182 g/mol. The van der Waals surface area contributed by atoms with Gasteiger partial charge in [-0.2, -0.15) is 0 Å². The molecule has 2 nitrogen and oxygen atoms in total. The molecule has 76 valence electrons. The fourth-order valence-corrected chi connectivity index (χ4v) is 2.81. The van der Waals surface area contributed by atoms with Gasteiger partial charge in [-0.15, -0.1) is 0 Å². The predicted molar refractivity (Wildman–Crippen MR) is 55.8 cm³/mol. The van der Waals surface area contributed by atoms with Crippen LogP contribution in [0.5, 0.6) is 0 Å². The third-order valence-corrected chi connectivity index (χ3v) is 3.76. The maximum absolute atomic E-state index is 2.65. The van der Waals surface area contributed by atoms with Crippen molar-refractivity contribution in [2.75, 3.05) is 33.2 Å². The van der Waals surface area contributed by atoms with E-state index < -0.39 is 0 Å². The Labute approximate surface area is 81.9 Å². The van der Waals surface area contributed by atoms with E-state index in [2.05, 4.69) is 30.7 Å². The molecule has 0 aromatic rings.